The summed E-state index contributed by atoms with van der Waals surface area (Å²) < 4.78 is 13.2. The van der Waals surface area contributed by atoms with Gasteiger partial charge in [0, 0.05) is 10.0 Å². The van der Waals surface area contributed by atoms with E-state index in [1.807, 2.05) is 49.4 Å². The van der Waals surface area contributed by atoms with Crippen LogP contribution in [0.5, 0.6) is 11.5 Å². The molecular weight excluding hydrogens is 595 g/mol. The van der Waals surface area contributed by atoms with Gasteiger partial charge in [0.1, 0.15) is 6.61 Å². The summed E-state index contributed by atoms with van der Waals surface area (Å²) in [7, 11) is 0. The van der Waals surface area contributed by atoms with Crippen molar-refractivity contribution in [3.05, 3.63) is 103 Å². The van der Waals surface area contributed by atoms with Gasteiger partial charge >= 0.3 is 0 Å². The number of carbonyl (C=O) groups excluding carboxylic acids is 1. The van der Waals surface area contributed by atoms with E-state index in [1.54, 1.807) is 24.3 Å². The third kappa shape index (κ3) is 6.99. The van der Waals surface area contributed by atoms with Crippen molar-refractivity contribution in [3.8, 4) is 11.5 Å². The monoisotopic (exact) mass is 616 g/mol. The van der Waals surface area contributed by atoms with E-state index in [4.69, 9.17) is 32.7 Å². The number of allylic oxidation sites excluding steroid dienone is 1. The second-order valence-corrected chi connectivity index (χ2v) is 10.6. The van der Waals surface area contributed by atoms with Gasteiger partial charge in [0.25, 0.3) is 5.91 Å². The van der Waals surface area contributed by atoms with Crippen molar-refractivity contribution in [2.75, 3.05) is 6.61 Å². The van der Waals surface area contributed by atoms with Crippen LogP contribution in [-0.4, -0.2) is 17.7 Å². The zero-order chi connectivity index (χ0) is 26.4. The van der Waals surface area contributed by atoms with Crippen LogP contribution >= 0.6 is 50.9 Å². The standard InChI is InChI=1S/C28H23BrCl2N2O3S/c1-3-6-19-13-18(14-23(35-4-2)26(19)36-16-17-9-11-20(29)12-10-17)15-24-27(34)33-28(37-24)32-22-8-5-7-21(30)25(22)31/h3,5,7-15H,1,4,6,16H2,2H3,(H,32,33,34)/b24-15-. The van der Waals surface area contributed by atoms with Crippen LogP contribution < -0.4 is 14.8 Å². The smallest absolute Gasteiger partial charge is 0.264 e. The highest BCUT2D eigenvalue weighted by Crippen LogP contribution is 2.38. The molecule has 1 N–H and O–H groups in total. The number of rotatable bonds is 9. The summed E-state index contributed by atoms with van der Waals surface area (Å²) >= 11 is 17.0. The second kappa shape index (κ2) is 12.7. The molecule has 0 aromatic heterocycles. The maximum atomic E-state index is 12.7. The number of aliphatic imine (C=N–C) groups is 1. The van der Waals surface area contributed by atoms with Crippen LogP contribution in [0.25, 0.3) is 6.08 Å². The van der Waals surface area contributed by atoms with Crippen LogP contribution in [0.1, 0.15) is 23.6 Å². The molecule has 1 aliphatic heterocycles. The second-order valence-electron chi connectivity index (χ2n) is 7.90. The summed E-state index contributed by atoms with van der Waals surface area (Å²) in [5.41, 5.74) is 3.23. The van der Waals surface area contributed by atoms with E-state index in [-0.39, 0.29) is 5.91 Å². The largest absolute Gasteiger partial charge is 0.490 e. The van der Waals surface area contributed by atoms with Crippen molar-refractivity contribution in [1.29, 1.82) is 0 Å². The number of benzene rings is 3. The molecule has 37 heavy (non-hydrogen) atoms. The molecule has 1 heterocycles. The molecule has 1 aliphatic rings. The van der Waals surface area contributed by atoms with Crippen LogP contribution in [0.3, 0.4) is 0 Å². The first-order chi connectivity index (χ1) is 17.9. The first kappa shape index (κ1) is 27.3. The lowest BCUT2D eigenvalue weighted by Crippen LogP contribution is -2.19. The number of amides is 1. The number of thioether (sulfide) groups is 1. The van der Waals surface area contributed by atoms with Crippen LogP contribution in [0.2, 0.25) is 10.0 Å². The minimum Gasteiger partial charge on any atom is -0.490 e. The molecule has 0 atom stereocenters. The molecule has 190 valence electrons. The molecule has 3 aromatic rings. The Balaban J connectivity index is 1.63. The molecular formula is C28H23BrCl2N2O3S. The van der Waals surface area contributed by atoms with E-state index in [9.17, 15) is 4.79 Å². The molecule has 0 bridgehead atoms. The molecule has 4 rings (SSSR count). The number of nitrogens with zero attached hydrogens (tertiary/aromatic N) is 1. The summed E-state index contributed by atoms with van der Waals surface area (Å²) in [4.78, 5) is 17.6. The summed E-state index contributed by atoms with van der Waals surface area (Å²) in [6, 6.07) is 17.0. The zero-order valence-corrected chi connectivity index (χ0v) is 23.8. The van der Waals surface area contributed by atoms with Crippen molar-refractivity contribution in [2.24, 2.45) is 4.99 Å². The lowest BCUT2D eigenvalue weighted by molar-refractivity contribution is -0.115. The van der Waals surface area contributed by atoms with Gasteiger partial charge in [-0.2, -0.15) is 0 Å². The Bertz CT molecular complexity index is 1390. The van der Waals surface area contributed by atoms with E-state index < -0.39 is 0 Å². The fraction of sp³-hybridized carbons (Fsp3) is 0.143. The minimum absolute atomic E-state index is 0.249. The number of halogens is 3. The van der Waals surface area contributed by atoms with Gasteiger partial charge in [0.15, 0.2) is 16.7 Å². The van der Waals surface area contributed by atoms with Crippen molar-refractivity contribution in [1.82, 2.24) is 5.32 Å². The maximum absolute atomic E-state index is 12.7. The SMILES string of the molecule is C=CCc1cc(/C=C2\SC(=Nc3cccc(Cl)c3Cl)NC2=O)cc(OCC)c1OCc1ccc(Br)cc1. The van der Waals surface area contributed by atoms with Crippen LogP contribution in [-0.2, 0) is 17.8 Å². The highest BCUT2D eigenvalue weighted by molar-refractivity contribution is 9.10. The minimum atomic E-state index is -0.249. The average Bonchev–Trinajstić information content (AvgIpc) is 3.21. The molecule has 0 spiro atoms. The average molecular weight is 618 g/mol. The Kier molecular flexibility index (Phi) is 9.38. The Morgan fingerprint density at radius 3 is 2.65 bits per heavy atom. The topological polar surface area (TPSA) is 59.9 Å². The van der Waals surface area contributed by atoms with E-state index in [0.717, 1.165) is 21.2 Å². The Hall–Kier alpha value is -2.71. The van der Waals surface area contributed by atoms with Crippen molar-refractivity contribution >= 4 is 73.7 Å². The van der Waals surface area contributed by atoms with Gasteiger partial charge in [-0.1, -0.05) is 63.4 Å². The Morgan fingerprint density at radius 2 is 1.92 bits per heavy atom. The summed E-state index contributed by atoms with van der Waals surface area (Å²) in [5, 5.41) is 3.93. The van der Waals surface area contributed by atoms with Gasteiger partial charge in [0.2, 0.25) is 0 Å². The lowest BCUT2D eigenvalue weighted by atomic mass is 10.0. The van der Waals surface area contributed by atoms with Crippen LogP contribution in [0.15, 0.2) is 81.6 Å². The molecule has 0 saturated carbocycles. The molecule has 0 radical (unpaired) electrons. The van der Waals surface area contributed by atoms with E-state index in [1.165, 1.54) is 11.8 Å². The Labute approximate surface area is 238 Å². The molecule has 0 unspecified atom stereocenters. The van der Waals surface area contributed by atoms with E-state index in [2.05, 4.69) is 32.8 Å². The molecule has 1 fully saturated rings. The van der Waals surface area contributed by atoms with Gasteiger partial charge < -0.3 is 14.8 Å². The van der Waals surface area contributed by atoms with Crippen LogP contribution in [0.4, 0.5) is 5.69 Å². The van der Waals surface area contributed by atoms with Crippen LogP contribution in [0, 0.1) is 0 Å². The fourth-order valence-electron chi connectivity index (χ4n) is 3.56. The van der Waals surface area contributed by atoms with E-state index in [0.29, 0.717) is 56.9 Å². The number of amidine groups is 1. The molecule has 1 amide bonds. The highest BCUT2D eigenvalue weighted by atomic mass is 79.9. The van der Waals surface area contributed by atoms with E-state index >= 15 is 0 Å². The van der Waals surface area contributed by atoms with Gasteiger partial charge in [-0.3, -0.25) is 4.79 Å². The highest BCUT2D eigenvalue weighted by Gasteiger charge is 2.25. The predicted molar refractivity (Wildman–Crippen MR) is 157 cm³/mol. The first-order valence-electron chi connectivity index (χ1n) is 11.4. The Morgan fingerprint density at radius 1 is 1.14 bits per heavy atom. The number of ether oxygens (including phenoxy) is 2. The third-order valence-corrected chi connectivity index (χ3v) is 7.46. The van der Waals surface area contributed by atoms with Crippen molar-refractivity contribution in [3.63, 3.8) is 0 Å². The van der Waals surface area contributed by atoms with Gasteiger partial charge in [-0.05, 0) is 78.7 Å². The summed E-state index contributed by atoms with van der Waals surface area (Å²) in [6.45, 7) is 6.66. The van der Waals surface area contributed by atoms with Gasteiger partial charge in [0.05, 0.1) is 27.2 Å². The van der Waals surface area contributed by atoms with Crippen molar-refractivity contribution < 1.29 is 14.3 Å². The van der Waals surface area contributed by atoms with Crippen molar-refractivity contribution in [2.45, 2.75) is 20.0 Å². The molecule has 3 aromatic carbocycles. The number of hydrogen-bond donors (Lipinski definition) is 1. The first-order valence-corrected chi connectivity index (χ1v) is 13.8. The molecule has 1 saturated heterocycles. The number of nitrogens with one attached hydrogen (secondary N) is 1. The molecule has 9 heteroatoms. The summed E-state index contributed by atoms with van der Waals surface area (Å²) in [5.74, 6) is 1.02. The maximum Gasteiger partial charge on any atom is 0.264 e. The van der Waals surface area contributed by atoms with Gasteiger partial charge in [-0.25, -0.2) is 4.99 Å². The fourth-order valence-corrected chi connectivity index (χ4v) is 4.99. The summed E-state index contributed by atoms with van der Waals surface area (Å²) in [6.07, 6.45) is 4.19. The normalized spacial score (nSPS) is 15.2. The predicted octanol–water partition coefficient (Wildman–Crippen LogP) is 8.35. The number of hydrogen-bond acceptors (Lipinski definition) is 5. The zero-order valence-electron chi connectivity index (χ0n) is 19.9. The molecule has 5 nitrogen and oxygen atoms in total. The van der Waals surface area contributed by atoms with Gasteiger partial charge in [-0.15, -0.1) is 6.58 Å². The molecule has 0 aliphatic carbocycles. The quantitative estimate of drug-likeness (QED) is 0.194. The third-order valence-electron chi connectivity index (χ3n) is 5.22. The number of carbonyl (C=O) groups is 1. The lowest BCUT2D eigenvalue weighted by Gasteiger charge is -2.17.